The van der Waals surface area contributed by atoms with Gasteiger partial charge in [0.1, 0.15) is 17.8 Å². The summed E-state index contributed by atoms with van der Waals surface area (Å²) in [7, 11) is 0. The highest BCUT2D eigenvalue weighted by molar-refractivity contribution is 5.94. The first kappa shape index (κ1) is 27.3. The smallest absolute Gasteiger partial charge is 0.324 e. The molecule has 0 saturated carbocycles. The van der Waals surface area contributed by atoms with E-state index < -0.39 is 17.7 Å². The van der Waals surface area contributed by atoms with Crippen LogP contribution in [-0.4, -0.2) is 72.9 Å². The lowest BCUT2D eigenvalue weighted by atomic mass is 10.0. The highest BCUT2D eigenvalue weighted by atomic mass is 19.1. The number of amides is 1. The zero-order valence-corrected chi connectivity index (χ0v) is 23.0. The number of aliphatic hydroxyl groups is 1. The second-order valence-electron chi connectivity index (χ2n) is 10.9. The summed E-state index contributed by atoms with van der Waals surface area (Å²) >= 11 is 0. The van der Waals surface area contributed by atoms with Crippen LogP contribution in [0.1, 0.15) is 72.5 Å². The van der Waals surface area contributed by atoms with Crippen LogP contribution < -0.4 is 4.90 Å². The molecule has 1 atom stereocenters. The monoisotopic (exact) mass is 565 g/mol. The molecule has 216 valence electrons. The van der Waals surface area contributed by atoms with E-state index in [0.717, 1.165) is 25.7 Å². The van der Waals surface area contributed by atoms with Gasteiger partial charge < -0.3 is 24.0 Å². The molecule has 2 aliphatic heterocycles. The van der Waals surface area contributed by atoms with Crippen molar-refractivity contribution in [1.82, 2.24) is 29.6 Å². The van der Waals surface area contributed by atoms with E-state index in [1.54, 1.807) is 17.0 Å². The van der Waals surface area contributed by atoms with Crippen LogP contribution in [0.25, 0.3) is 11.0 Å². The lowest BCUT2D eigenvalue weighted by Gasteiger charge is -2.31. The molecule has 10 nitrogen and oxygen atoms in total. The third-order valence-corrected chi connectivity index (χ3v) is 8.04. The molecule has 5 heterocycles. The molecule has 0 spiro atoms. The van der Waals surface area contributed by atoms with Crippen LogP contribution in [0, 0.1) is 11.6 Å². The molecule has 3 aromatic heterocycles. The number of β-amino-alcohol motifs (C(OH)–C–C–N with tert-alkyl or cyclic N) is 1. The van der Waals surface area contributed by atoms with Gasteiger partial charge in [-0.25, -0.2) is 18.7 Å². The number of hydrogen-bond donors (Lipinski definition) is 1. The molecule has 1 N–H and O–H groups in total. The summed E-state index contributed by atoms with van der Waals surface area (Å²) in [6.07, 6.45) is 6.90. The number of aliphatic hydroxyl groups excluding tert-OH is 1. The van der Waals surface area contributed by atoms with Crippen molar-refractivity contribution >= 4 is 23.0 Å². The minimum absolute atomic E-state index is 0.0226. The average Bonchev–Trinajstić information content (AvgIpc) is 3.59. The van der Waals surface area contributed by atoms with Crippen LogP contribution in [0.2, 0.25) is 0 Å². The first-order valence-corrected chi connectivity index (χ1v) is 14.2. The maximum atomic E-state index is 15.3. The number of anilines is 1. The molecular weight excluding hydrogens is 532 g/mol. The SMILES string of the molecule is CCCc1noc(N2CCC(n3cc(F)c4c(Cc5ccc(C(=O)N6CCC[C@@H](O)C6)cc5F)ncnc43)CC2)n1. The fraction of sp³-hybridized carbons (Fsp3) is 0.483. The van der Waals surface area contributed by atoms with E-state index in [4.69, 9.17) is 4.52 Å². The van der Waals surface area contributed by atoms with Gasteiger partial charge in [0.15, 0.2) is 11.6 Å². The van der Waals surface area contributed by atoms with E-state index in [9.17, 15) is 9.90 Å². The van der Waals surface area contributed by atoms with Gasteiger partial charge in [0, 0.05) is 56.8 Å². The molecule has 2 fully saturated rings. The molecule has 6 rings (SSSR count). The average molecular weight is 566 g/mol. The number of carbonyl (C=O) groups is 1. The molecule has 1 amide bonds. The summed E-state index contributed by atoms with van der Waals surface area (Å²) in [6, 6.07) is 4.87. The fourth-order valence-corrected chi connectivity index (χ4v) is 5.87. The lowest BCUT2D eigenvalue weighted by molar-refractivity contribution is 0.0473. The van der Waals surface area contributed by atoms with Gasteiger partial charge in [-0.1, -0.05) is 18.1 Å². The van der Waals surface area contributed by atoms with E-state index in [-0.39, 0.29) is 35.9 Å². The topological polar surface area (TPSA) is 113 Å². The molecule has 2 saturated heterocycles. The van der Waals surface area contributed by atoms with Gasteiger partial charge in [-0.2, -0.15) is 4.98 Å². The maximum absolute atomic E-state index is 15.3. The van der Waals surface area contributed by atoms with E-state index in [1.807, 2.05) is 4.57 Å². The highest BCUT2D eigenvalue weighted by Gasteiger charge is 2.28. The minimum atomic E-state index is -0.560. The van der Waals surface area contributed by atoms with Crippen molar-refractivity contribution in [2.24, 2.45) is 0 Å². The third kappa shape index (κ3) is 5.52. The van der Waals surface area contributed by atoms with Gasteiger partial charge >= 0.3 is 6.01 Å². The summed E-state index contributed by atoms with van der Waals surface area (Å²) < 4.78 is 37.8. The lowest BCUT2D eigenvalue weighted by Crippen LogP contribution is -2.42. The van der Waals surface area contributed by atoms with Crippen molar-refractivity contribution in [3.8, 4) is 0 Å². The van der Waals surface area contributed by atoms with E-state index in [1.165, 1.54) is 18.6 Å². The maximum Gasteiger partial charge on any atom is 0.324 e. The molecule has 0 aliphatic carbocycles. The summed E-state index contributed by atoms with van der Waals surface area (Å²) in [5, 5.41) is 14.2. The summed E-state index contributed by atoms with van der Waals surface area (Å²) in [4.78, 5) is 29.6. The van der Waals surface area contributed by atoms with Crippen LogP contribution in [-0.2, 0) is 12.8 Å². The van der Waals surface area contributed by atoms with Crippen LogP contribution in [0.5, 0.6) is 0 Å². The van der Waals surface area contributed by atoms with Crippen LogP contribution in [0.15, 0.2) is 35.2 Å². The molecule has 2 aliphatic rings. The number of likely N-dealkylation sites (tertiary alicyclic amines) is 1. The molecule has 0 radical (unpaired) electrons. The number of fused-ring (bicyclic) bond motifs is 1. The predicted octanol–water partition coefficient (Wildman–Crippen LogP) is 4.07. The quantitative estimate of drug-likeness (QED) is 0.357. The summed E-state index contributed by atoms with van der Waals surface area (Å²) in [6.45, 7) is 4.21. The number of nitrogens with zero attached hydrogens (tertiary/aromatic N) is 7. The van der Waals surface area contributed by atoms with Gasteiger partial charge in [-0.3, -0.25) is 4.79 Å². The Bertz CT molecular complexity index is 1550. The molecule has 0 unspecified atom stereocenters. The number of piperidine rings is 2. The Morgan fingerprint density at radius 3 is 2.71 bits per heavy atom. The van der Waals surface area contributed by atoms with Gasteiger partial charge in [-0.05, 0) is 49.8 Å². The van der Waals surface area contributed by atoms with Crippen molar-refractivity contribution < 1.29 is 23.2 Å². The predicted molar refractivity (Wildman–Crippen MR) is 147 cm³/mol. The zero-order valence-electron chi connectivity index (χ0n) is 23.0. The Labute approximate surface area is 236 Å². The zero-order chi connectivity index (χ0) is 28.5. The Kier molecular flexibility index (Phi) is 7.65. The number of aromatic nitrogens is 5. The minimum Gasteiger partial charge on any atom is -0.391 e. The van der Waals surface area contributed by atoms with Crippen molar-refractivity contribution in [3.05, 3.63) is 65.0 Å². The molecule has 4 aromatic rings. The number of rotatable bonds is 7. The molecule has 0 bridgehead atoms. The van der Waals surface area contributed by atoms with Gasteiger partial charge in [0.2, 0.25) is 0 Å². The van der Waals surface area contributed by atoms with E-state index in [0.29, 0.717) is 61.2 Å². The summed E-state index contributed by atoms with van der Waals surface area (Å²) in [5.41, 5.74) is 1.39. The second kappa shape index (κ2) is 11.5. The third-order valence-electron chi connectivity index (χ3n) is 8.04. The standard InChI is InChI=1S/C29H33F2N7O3/c1-2-4-25-34-29(41-35-25)36-11-8-20(9-12-36)38-16-23(31)26-24(32-17-33-27(26)38)14-18-6-7-19(13-22(18)30)28(40)37-10-3-5-21(39)15-37/h6-7,13,16-17,20-21,39H,2-5,8-12,14-15H2,1H3/t21-/m1/s1. The highest BCUT2D eigenvalue weighted by Crippen LogP contribution is 2.32. The normalized spacial score (nSPS) is 18.4. The molecular formula is C29H33F2N7O3. The second-order valence-corrected chi connectivity index (χ2v) is 10.9. The first-order valence-electron chi connectivity index (χ1n) is 14.2. The van der Waals surface area contributed by atoms with E-state index in [2.05, 4.69) is 31.9 Å². The summed E-state index contributed by atoms with van der Waals surface area (Å²) in [5.74, 6) is -0.620. The Hall–Kier alpha value is -3.93. The Morgan fingerprint density at radius 2 is 1.95 bits per heavy atom. The number of halogens is 2. The fourth-order valence-electron chi connectivity index (χ4n) is 5.87. The van der Waals surface area contributed by atoms with Crippen molar-refractivity contribution in [2.45, 2.75) is 64.0 Å². The van der Waals surface area contributed by atoms with Crippen LogP contribution >= 0.6 is 0 Å². The Morgan fingerprint density at radius 1 is 1.12 bits per heavy atom. The number of aryl methyl sites for hydroxylation is 1. The van der Waals surface area contributed by atoms with Crippen molar-refractivity contribution in [1.29, 1.82) is 0 Å². The van der Waals surface area contributed by atoms with Gasteiger partial charge in [0.25, 0.3) is 5.91 Å². The van der Waals surface area contributed by atoms with Crippen molar-refractivity contribution in [3.63, 3.8) is 0 Å². The van der Waals surface area contributed by atoms with E-state index >= 15 is 8.78 Å². The first-order chi connectivity index (χ1) is 19.9. The van der Waals surface area contributed by atoms with Crippen LogP contribution in [0.3, 0.4) is 0 Å². The largest absolute Gasteiger partial charge is 0.391 e. The number of benzene rings is 1. The number of carbonyl (C=O) groups excluding carboxylic acids is 1. The molecule has 1 aromatic carbocycles. The molecule has 12 heteroatoms. The number of hydrogen-bond acceptors (Lipinski definition) is 8. The van der Waals surface area contributed by atoms with Crippen molar-refractivity contribution in [2.75, 3.05) is 31.1 Å². The molecule has 41 heavy (non-hydrogen) atoms. The van der Waals surface area contributed by atoms with Gasteiger partial charge in [0.05, 0.1) is 17.2 Å². The van der Waals surface area contributed by atoms with Crippen LogP contribution in [0.4, 0.5) is 14.8 Å². The Balaban J connectivity index is 1.18. The van der Waals surface area contributed by atoms with Gasteiger partial charge in [-0.15, -0.1) is 0 Å².